The molecule has 0 amide bonds. The molecule has 0 atom stereocenters. The monoisotopic (exact) mass is 250 g/mol. The van der Waals surface area contributed by atoms with Crippen molar-refractivity contribution in [2.75, 3.05) is 18.0 Å². The van der Waals surface area contributed by atoms with Crippen molar-refractivity contribution in [1.82, 2.24) is 4.98 Å². The van der Waals surface area contributed by atoms with E-state index in [1.54, 1.807) is 18.3 Å². The number of unbranched alkanes of at least 4 members (excludes halogenated alkanes) is 2. The third-order valence-corrected chi connectivity index (χ3v) is 2.88. The fourth-order valence-corrected chi connectivity index (χ4v) is 1.84. The number of aromatic nitrogens is 1. The summed E-state index contributed by atoms with van der Waals surface area (Å²) in [7, 11) is 0. The number of hydrogen-bond donors (Lipinski definition) is 1. The summed E-state index contributed by atoms with van der Waals surface area (Å²) in [5.74, 6) is -0.303. The first-order chi connectivity index (χ1) is 8.70. The van der Waals surface area contributed by atoms with Gasteiger partial charge < -0.3 is 10.0 Å². The van der Waals surface area contributed by atoms with Crippen molar-refractivity contribution in [2.24, 2.45) is 0 Å². The first-order valence-corrected chi connectivity index (χ1v) is 6.64. The molecule has 0 fully saturated rings. The summed E-state index contributed by atoms with van der Waals surface area (Å²) in [6.45, 7) is 6.00. The van der Waals surface area contributed by atoms with Crippen LogP contribution >= 0.6 is 0 Å². The van der Waals surface area contributed by atoms with Crippen LogP contribution in [0.4, 0.5) is 5.82 Å². The van der Waals surface area contributed by atoms with Crippen LogP contribution in [-0.4, -0.2) is 29.1 Å². The van der Waals surface area contributed by atoms with E-state index in [0.29, 0.717) is 11.4 Å². The number of carboxylic acid groups (broad SMARTS) is 1. The Morgan fingerprint density at radius 2 is 1.89 bits per heavy atom. The van der Waals surface area contributed by atoms with E-state index in [1.807, 2.05) is 0 Å². The van der Waals surface area contributed by atoms with Gasteiger partial charge >= 0.3 is 5.97 Å². The summed E-state index contributed by atoms with van der Waals surface area (Å²) in [5, 5.41) is 9.20. The molecule has 1 N–H and O–H groups in total. The summed E-state index contributed by atoms with van der Waals surface area (Å²) < 4.78 is 0. The molecule has 0 spiro atoms. The molecule has 1 aromatic rings. The number of nitrogens with zero attached hydrogens (tertiary/aromatic N) is 2. The van der Waals surface area contributed by atoms with Crippen LogP contribution in [0.3, 0.4) is 0 Å². The number of carboxylic acids is 1. The Hall–Kier alpha value is -1.58. The lowest BCUT2D eigenvalue weighted by Gasteiger charge is -2.24. The first-order valence-electron chi connectivity index (χ1n) is 6.64. The Balaban J connectivity index is 2.92. The third kappa shape index (κ3) is 4.02. The molecule has 4 heteroatoms. The van der Waals surface area contributed by atoms with Crippen LogP contribution in [0, 0.1) is 0 Å². The van der Waals surface area contributed by atoms with Gasteiger partial charge in [-0.3, -0.25) is 0 Å². The minimum Gasteiger partial charge on any atom is -0.478 e. The molecule has 18 heavy (non-hydrogen) atoms. The van der Waals surface area contributed by atoms with Gasteiger partial charge in [-0.15, -0.1) is 0 Å². The SMILES string of the molecule is CCCCN(CCCC)c1ncccc1C(=O)O. The highest BCUT2D eigenvalue weighted by Gasteiger charge is 2.16. The Morgan fingerprint density at radius 1 is 1.28 bits per heavy atom. The zero-order valence-corrected chi connectivity index (χ0v) is 11.2. The Morgan fingerprint density at radius 3 is 2.39 bits per heavy atom. The van der Waals surface area contributed by atoms with Gasteiger partial charge in [0.15, 0.2) is 0 Å². The lowest BCUT2D eigenvalue weighted by molar-refractivity contribution is 0.0697. The number of anilines is 1. The first kappa shape index (κ1) is 14.5. The second kappa shape index (κ2) is 7.69. The van der Waals surface area contributed by atoms with Gasteiger partial charge in [-0.25, -0.2) is 9.78 Å². The van der Waals surface area contributed by atoms with Crippen molar-refractivity contribution in [3.05, 3.63) is 23.9 Å². The van der Waals surface area contributed by atoms with Gasteiger partial charge in [-0.1, -0.05) is 26.7 Å². The Bertz CT molecular complexity index is 372. The summed E-state index contributed by atoms with van der Waals surface area (Å²) in [5.41, 5.74) is 0.296. The van der Waals surface area contributed by atoms with Crippen LogP contribution in [0.5, 0.6) is 0 Å². The fraction of sp³-hybridized carbons (Fsp3) is 0.571. The predicted molar refractivity (Wildman–Crippen MR) is 73.2 cm³/mol. The average Bonchev–Trinajstić information content (AvgIpc) is 2.39. The van der Waals surface area contributed by atoms with Crippen molar-refractivity contribution >= 4 is 11.8 Å². The van der Waals surface area contributed by atoms with E-state index in [1.165, 1.54) is 0 Å². The number of rotatable bonds is 8. The lowest BCUT2D eigenvalue weighted by atomic mass is 10.2. The van der Waals surface area contributed by atoms with E-state index < -0.39 is 5.97 Å². The maximum Gasteiger partial charge on any atom is 0.339 e. The van der Waals surface area contributed by atoms with Gasteiger partial charge in [0.25, 0.3) is 0 Å². The number of aromatic carboxylic acids is 1. The van der Waals surface area contributed by atoms with Crippen molar-refractivity contribution < 1.29 is 9.90 Å². The van der Waals surface area contributed by atoms with E-state index in [-0.39, 0.29) is 0 Å². The van der Waals surface area contributed by atoms with E-state index in [9.17, 15) is 9.90 Å². The molecule has 1 heterocycles. The highest BCUT2D eigenvalue weighted by Crippen LogP contribution is 2.18. The molecule has 0 saturated heterocycles. The molecule has 0 aliphatic rings. The maximum atomic E-state index is 11.2. The van der Waals surface area contributed by atoms with Crippen molar-refractivity contribution in [1.29, 1.82) is 0 Å². The molecule has 4 nitrogen and oxygen atoms in total. The standard InChI is InChI=1S/C14H22N2O2/c1-3-5-10-16(11-6-4-2)13-12(14(17)18)8-7-9-15-13/h7-9H,3-6,10-11H2,1-2H3,(H,17,18). The van der Waals surface area contributed by atoms with Gasteiger partial charge in [-0.05, 0) is 25.0 Å². The van der Waals surface area contributed by atoms with Crippen molar-refractivity contribution in [3.8, 4) is 0 Å². The molecule has 0 aliphatic heterocycles. The molecule has 0 aromatic carbocycles. The van der Waals surface area contributed by atoms with Crippen LogP contribution in [0.2, 0.25) is 0 Å². The van der Waals surface area contributed by atoms with E-state index >= 15 is 0 Å². The smallest absolute Gasteiger partial charge is 0.339 e. The van der Waals surface area contributed by atoms with Crippen LogP contribution in [0.15, 0.2) is 18.3 Å². The highest BCUT2D eigenvalue weighted by molar-refractivity contribution is 5.93. The van der Waals surface area contributed by atoms with E-state index in [2.05, 4.69) is 23.7 Å². The molecule has 0 bridgehead atoms. The normalized spacial score (nSPS) is 10.3. The number of carbonyl (C=O) groups is 1. The minimum absolute atomic E-state index is 0.296. The minimum atomic E-state index is -0.906. The van der Waals surface area contributed by atoms with Gasteiger partial charge in [0.05, 0.1) is 0 Å². The van der Waals surface area contributed by atoms with Crippen molar-refractivity contribution in [2.45, 2.75) is 39.5 Å². The van der Waals surface area contributed by atoms with Gasteiger partial charge in [0.1, 0.15) is 11.4 Å². The maximum absolute atomic E-state index is 11.2. The van der Waals surface area contributed by atoms with Crippen LogP contribution in [-0.2, 0) is 0 Å². The zero-order valence-electron chi connectivity index (χ0n) is 11.2. The highest BCUT2D eigenvalue weighted by atomic mass is 16.4. The fourth-order valence-electron chi connectivity index (χ4n) is 1.84. The molecule has 0 radical (unpaired) electrons. The van der Waals surface area contributed by atoms with Crippen LogP contribution in [0.1, 0.15) is 49.9 Å². The predicted octanol–water partition coefficient (Wildman–Crippen LogP) is 3.19. The van der Waals surface area contributed by atoms with E-state index in [4.69, 9.17) is 0 Å². The Kier molecular flexibility index (Phi) is 6.19. The summed E-state index contributed by atoms with van der Waals surface area (Å²) in [4.78, 5) is 17.6. The van der Waals surface area contributed by atoms with Crippen molar-refractivity contribution in [3.63, 3.8) is 0 Å². The average molecular weight is 250 g/mol. The molecule has 0 saturated carbocycles. The number of pyridine rings is 1. The van der Waals surface area contributed by atoms with Crippen LogP contribution in [0.25, 0.3) is 0 Å². The number of hydrogen-bond acceptors (Lipinski definition) is 3. The lowest BCUT2D eigenvalue weighted by Crippen LogP contribution is -2.28. The van der Waals surface area contributed by atoms with Gasteiger partial charge in [0.2, 0.25) is 0 Å². The summed E-state index contributed by atoms with van der Waals surface area (Å²) in [6, 6.07) is 3.29. The van der Waals surface area contributed by atoms with E-state index in [0.717, 1.165) is 38.8 Å². The second-order valence-electron chi connectivity index (χ2n) is 4.37. The van der Waals surface area contributed by atoms with Gasteiger partial charge in [0, 0.05) is 19.3 Å². The Labute approximate surface area is 109 Å². The molecule has 0 aliphatic carbocycles. The van der Waals surface area contributed by atoms with Crippen LogP contribution < -0.4 is 4.90 Å². The van der Waals surface area contributed by atoms with Gasteiger partial charge in [-0.2, -0.15) is 0 Å². The second-order valence-corrected chi connectivity index (χ2v) is 4.37. The molecular formula is C14H22N2O2. The largest absolute Gasteiger partial charge is 0.478 e. The quantitative estimate of drug-likeness (QED) is 0.770. The summed E-state index contributed by atoms with van der Waals surface area (Å²) in [6.07, 6.45) is 5.96. The third-order valence-electron chi connectivity index (χ3n) is 2.88. The molecular weight excluding hydrogens is 228 g/mol. The molecule has 0 unspecified atom stereocenters. The topological polar surface area (TPSA) is 53.4 Å². The zero-order chi connectivity index (χ0) is 13.4. The molecule has 100 valence electrons. The molecule has 1 rings (SSSR count). The molecule has 1 aromatic heterocycles. The summed E-state index contributed by atoms with van der Waals surface area (Å²) >= 11 is 0.